The first kappa shape index (κ1) is 108. The van der Waals surface area contributed by atoms with Gasteiger partial charge in [-0.1, -0.05) is 12.8 Å². The van der Waals surface area contributed by atoms with Gasteiger partial charge >= 0.3 is 5.97 Å². The second-order valence-corrected chi connectivity index (χ2v) is 28.2. The summed E-state index contributed by atoms with van der Waals surface area (Å²) in [4.78, 5) is 248. The van der Waals surface area contributed by atoms with Crippen LogP contribution < -0.4 is 42.5 Å². The molecule has 42 nitrogen and oxygen atoms in total. The molecule has 0 saturated heterocycles. The van der Waals surface area contributed by atoms with Gasteiger partial charge in [0.15, 0.2) is 0 Å². The van der Waals surface area contributed by atoms with E-state index in [1.54, 1.807) is 0 Å². The van der Waals surface area contributed by atoms with Crippen LogP contribution in [-0.2, 0) is 139 Å². The minimum atomic E-state index is -1.32. The molecule has 0 radical (unpaired) electrons. The van der Waals surface area contributed by atoms with Crippen LogP contribution in [0.4, 0.5) is 4.20 Å². The van der Waals surface area contributed by atoms with Crippen LogP contribution in [0.5, 0.6) is 0 Å². The molecule has 0 aromatic heterocycles. The van der Waals surface area contributed by atoms with Gasteiger partial charge in [-0.3, -0.25) is 115 Å². The summed E-state index contributed by atoms with van der Waals surface area (Å²) in [5.74, 6) is -9.60. The number of carboxylic acid groups (broad SMARTS) is 1. The van der Waals surface area contributed by atoms with Gasteiger partial charge in [0, 0.05) is 237 Å². The van der Waals surface area contributed by atoms with E-state index in [2.05, 4.69) is 47.6 Å². The van der Waals surface area contributed by atoms with Crippen LogP contribution in [0, 0.1) is 11.8 Å². The molecule has 0 saturated carbocycles. The predicted octanol–water partition coefficient (Wildman–Crippen LogP) is -2.05. The van der Waals surface area contributed by atoms with E-state index in [1.165, 1.54) is 21.3 Å². The number of nitrogens with one attached hydrogen (secondary N) is 8. The zero-order chi connectivity index (χ0) is 92.4. The van der Waals surface area contributed by atoms with E-state index < -0.39 is 82.4 Å². The fourth-order valence-corrected chi connectivity index (χ4v) is 11.7. The molecule has 16 amide bonds. The second-order valence-electron chi connectivity index (χ2n) is 28.2. The minimum Gasteiger partial charge on any atom is -0.481 e. The van der Waals surface area contributed by atoms with Crippen molar-refractivity contribution in [2.45, 2.75) is 134 Å². The van der Waals surface area contributed by atoms with Crippen molar-refractivity contribution in [3.05, 3.63) is 48.6 Å². The van der Waals surface area contributed by atoms with Crippen LogP contribution >= 0.6 is 9.55 Å². The van der Waals surface area contributed by atoms with Crippen molar-refractivity contribution in [1.82, 2.24) is 62.1 Å². The number of carboxylic acids is 1. The average molecular weight is 1780 g/mol. The number of rotatable bonds is 72. The Kier molecular flexibility index (Phi) is 58.5. The normalized spacial score (nSPS) is 13.9. The van der Waals surface area contributed by atoms with Crippen LogP contribution in [-0.4, -0.2) is 341 Å². The monoisotopic (exact) mass is 1780 g/mol. The number of methoxy groups -OCH3 is 3. The maximum absolute atomic E-state index is 13.5. The third-order valence-electron chi connectivity index (χ3n) is 18.4. The van der Waals surface area contributed by atoms with Crippen LogP contribution in [0.1, 0.15) is 128 Å². The van der Waals surface area contributed by atoms with E-state index in [-0.39, 0.29) is 268 Å². The first-order chi connectivity index (χ1) is 60.1. The number of halogens is 1. The summed E-state index contributed by atoms with van der Waals surface area (Å²) in [6.07, 6.45) is 11.5. The van der Waals surface area contributed by atoms with Crippen molar-refractivity contribution in [3.8, 4) is 0 Å². The lowest BCUT2D eigenvalue weighted by molar-refractivity contribution is -0.139. The molecule has 0 spiro atoms. The molecular formula is C80H122FN12O30P. The van der Waals surface area contributed by atoms with Gasteiger partial charge in [-0.25, -0.2) is 4.20 Å². The molecule has 4 rings (SSSR count). The van der Waals surface area contributed by atoms with Gasteiger partial charge in [0.25, 0.3) is 48.7 Å². The van der Waals surface area contributed by atoms with Crippen molar-refractivity contribution in [2.75, 3.05) is 192 Å². The number of ketones is 3. The SMILES string of the molecule is COCCNC(=O)CCOCC(COCCC(=O)NCCOC)(COCCC(=O)NCCOC)NC(=O)CCOCCCC(=O)CCOCCNC(=O)C(CCCCNC(=O)CCN1C(=O)C=CC1=O)CC(=O)CCN1C(=O)C=CC1=O.FP.[3H]OC(=O)CCOCCNC(=O)C(CCCCNC(=O)CCN1C(=O)C=CC1=O)CC(=O)CCN1C(=O)C=CC1=O. The van der Waals surface area contributed by atoms with Gasteiger partial charge in [-0.05, 0) is 32.1 Å². The highest BCUT2D eigenvalue weighted by Crippen LogP contribution is 2.19. The average Bonchev–Trinajstić information content (AvgIpc) is 1.53. The number of aliphatic carboxylic acids is 1. The van der Waals surface area contributed by atoms with E-state index in [9.17, 15) is 100 Å². The molecule has 124 heavy (non-hydrogen) atoms. The number of nitrogens with zero attached hydrogens (tertiary/aromatic N) is 4. The summed E-state index contributed by atoms with van der Waals surface area (Å²) < 4.78 is 64.9. The van der Waals surface area contributed by atoms with Gasteiger partial charge in [0.1, 0.15) is 22.9 Å². The van der Waals surface area contributed by atoms with Gasteiger partial charge in [-0.2, -0.15) is 0 Å². The number of unbranched alkanes of at least 4 members (excludes halogenated alkanes) is 2. The van der Waals surface area contributed by atoms with E-state index in [0.717, 1.165) is 77.8 Å². The van der Waals surface area contributed by atoms with Gasteiger partial charge in [-0.15, -0.1) is 0 Å². The molecule has 4 aliphatic heterocycles. The summed E-state index contributed by atoms with van der Waals surface area (Å²) in [6.45, 7) is 2.34. The number of hydrogen-bond donors (Lipinski definition) is 9. The first-order valence-electron chi connectivity index (χ1n) is 41.3. The molecule has 0 aromatic rings. The Morgan fingerprint density at radius 3 is 0.992 bits per heavy atom. The lowest BCUT2D eigenvalue weighted by Gasteiger charge is -2.34. The molecule has 3 unspecified atom stereocenters. The van der Waals surface area contributed by atoms with Gasteiger partial charge < -0.3 is 90.3 Å². The molecule has 4 heterocycles. The third kappa shape index (κ3) is 50.5. The Balaban J connectivity index is 0.00000102. The smallest absolute Gasteiger partial charge is 0.305 e. The number of carbonyl (C=O) groups excluding carboxylic acids is 19. The van der Waals surface area contributed by atoms with E-state index >= 15 is 0 Å². The largest absolute Gasteiger partial charge is 0.481 e. The third-order valence-corrected chi connectivity index (χ3v) is 18.4. The Labute approximate surface area is 722 Å². The van der Waals surface area contributed by atoms with Crippen molar-refractivity contribution < 1.29 is 148 Å². The summed E-state index contributed by atoms with van der Waals surface area (Å²) >= 11 is 0. The number of hydrogen-bond acceptors (Lipinski definition) is 30. The number of amides is 16. The van der Waals surface area contributed by atoms with E-state index in [0.29, 0.717) is 84.5 Å². The maximum atomic E-state index is 13.5. The zero-order valence-electron chi connectivity index (χ0n) is 71.8. The molecule has 44 heteroatoms. The number of Topliss-reactive ketones (excluding diaryl/α,β-unsaturated/α-hetero) is 3. The lowest BCUT2D eigenvalue weighted by atomic mass is 9.94. The highest BCUT2D eigenvalue weighted by molar-refractivity contribution is 7.09. The van der Waals surface area contributed by atoms with Crippen LogP contribution in [0.2, 0.25) is 0 Å². The Morgan fingerprint density at radius 2 is 0.637 bits per heavy atom. The summed E-state index contributed by atoms with van der Waals surface area (Å²) in [7, 11) is 5.46. The Bertz CT molecular complexity index is 3500. The molecule has 694 valence electrons. The number of ether oxygens (including phenoxy) is 9. The summed E-state index contributed by atoms with van der Waals surface area (Å²) in [5, 5.41) is 25.7. The zero-order valence-corrected chi connectivity index (χ0v) is 71.9. The molecule has 4 aliphatic rings. The maximum Gasteiger partial charge on any atom is 0.305 e. The quantitative estimate of drug-likeness (QED) is 0.0180. The molecular weight excluding hydrogens is 1660 g/mol. The van der Waals surface area contributed by atoms with Crippen molar-refractivity contribution in [1.29, 1.82) is 1.43 Å². The highest BCUT2D eigenvalue weighted by Gasteiger charge is 2.35. The van der Waals surface area contributed by atoms with Crippen molar-refractivity contribution in [3.63, 3.8) is 0 Å². The lowest BCUT2D eigenvalue weighted by Crippen LogP contribution is -2.59. The summed E-state index contributed by atoms with van der Waals surface area (Å²) in [6, 6.07) is 0. The fraction of sp³-hybridized carbons (Fsp3) is 0.650. The highest BCUT2D eigenvalue weighted by atomic mass is 31.1. The molecule has 0 aromatic carbocycles. The molecule has 3 atom stereocenters. The first-order valence-corrected chi connectivity index (χ1v) is 41.3. The molecule has 0 fully saturated rings. The van der Waals surface area contributed by atoms with Crippen molar-refractivity contribution in [2.24, 2.45) is 11.8 Å². The Hall–Kier alpha value is -10.2. The second kappa shape index (κ2) is 67.2. The number of imide groups is 4. The number of carbonyl (C=O) groups is 20. The predicted molar refractivity (Wildman–Crippen MR) is 439 cm³/mol. The minimum absolute atomic E-state index is 0.00285. The van der Waals surface area contributed by atoms with Gasteiger partial charge in [0.2, 0.25) is 47.3 Å². The van der Waals surface area contributed by atoms with E-state index in [1.807, 2.05) is 0 Å². The van der Waals surface area contributed by atoms with Crippen molar-refractivity contribution >= 4 is 127 Å². The Morgan fingerprint density at radius 1 is 0.339 bits per heavy atom. The topological polar surface area (TPSA) is 554 Å². The molecule has 0 aliphatic carbocycles. The van der Waals surface area contributed by atoms with Crippen LogP contribution in [0.3, 0.4) is 0 Å². The van der Waals surface area contributed by atoms with Crippen LogP contribution in [0.25, 0.3) is 1.43 Å². The van der Waals surface area contributed by atoms with Crippen LogP contribution in [0.15, 0.2) is 48.6 Å². The summed E-state index contributed by atoms with van der Waals surface area (Å²) in [5.41, 5.74) is -1.32. The van der Waals surface area contributed by atoms with E-state index in [4.69, 9.17) is 44.1 Å². The molecule has 9 N–H and O–H groups in total. The standard InChI is InChI=1S/C54H86N8O20.C26H34N4O10.FH2P/c1-75-33-21-56-45(66)16-30-80-38-54(39-81-31-17-46(67)57-22-34-76-2,40-82-32-18-47(68)58-23-35-77-3)60-48(69)19-29-78-27-6-8-42(63)15-28-79-36-24-59-53(74)41(37-43(64)13-25-61-49(70)9-10-50(61)71)7-4-5-20-55-44(65)14-26-62-51(72)11-12-52(62)73;31-19(8-13-29-21(33)4-5-22(29)34)17-18(26(39)28-12-16-40-15-10-25(37)38)3-1-2-11-27-20(32)9-14-30-23(35)6-7-24(30)36;1-2/h9-12,41H,4-8,13-40H2,1-3H3,(H,55,65)(H,56,66)(H,57,67)(H,58,68)(H,59,74)(H,60,69);4-7,18H,1-3,8-17H2,(H,27,32)(H,28,39)(H,37,38);2H2/i/hT. The van der Waals surface area contributed by atoms with Gasteiger partial charge in [0.05, 0.1) is 108 Å². The fourth-order valence-electron chi connectivity index (χ4n) is 11.7. The molecule has 0 bridgehead atoms.